The third-order valence-electron chi connectivity index (χ3n) is 5.14. The van der Waals surface area contributed by atoms with Crippen molar-refractivity contribution in [2.75, 3.05) is 25.5 Å². The molecule has 9 nitrogen and oxygen atoms in total. The smallest absolute Gasteiger partial charge is 0.278 e. The van der Waals surface area contributed by atoms with E-state index in [1.165, 1.54) is 25.4 Å². The number of hydrazone groups is 1. The minimum atomic E-state index is -3.30. The largest absolute Gasteiger partial charge is 0.354 e. The maximum absolute atomic E-state index is 13.0. The maximum Gasteiger partial charge on any atom is 0.278 e. The Morgan fingerprint density at radius 3 is 2.45 bits per heavy atom. The number of anilines is 1. The fourth-order valence-corrected chi connectivity index (χ4v) is 5.68. The lowest BCUT2D eigenvalue weighted by Gasteiger charge is -2.14. The molecule has 4 rings (SSSR count). The second-order valence-corrected chi connectivity index (χ2v) is 10.7. The molecular formula is C20H23N5O4S2. The first-order valence-electron chi connectivity index (χ1n) is 10.1. The molecule has 2 N–H and O–H groups in total. The number of hydrogen-bond acceptors (Lipinski definition) is 8. The van der Waals surface area contributed by atoms with Crippen molar-refractivity contribution in [3.05, 3.63) is 40.9 Å². The molecule has 2 aromatic rings. The Labute approximate surface area is 184 Å². The van der Waals surface area contributed by atoms with Gasteiger partial charge in [0.2, 0.25) is 0 Å². The summed E-state index contributed by atoms with van der Waals surface area (Å²) in [6.45, 7) is 1.51. The quantitative estimate of drug-likeness (QED) is 0.608. The first-order valence-corrected chi connectivity index (χ1v) is 12.4. The molecule has 1 aromatic carbocycles. The van der Waals surface area contributed by atoms with Crippen LogP contribution in [0.25, 0.3) is 0 Å². The topological polar surface area (TPSA) is 121 Å². The summed E-state index contributed by atoms with van der Waals surface area (Å²) in [6, 6.07) is 6.29. The van der Waals surface area contributed by atoms with Crippen molar-refractivity contribution in [3.8, 4) is 0 Å². The number of aromatic nitrogens is 1. The van der Waals surface area contributed by atoms with E-state index in [9.17, 15) is 18.0 Å². The molecule has 1 saturated heterocycles. The highest BCUT2D eigenvalue weighted by Crippen LogP contribution is 2.33. The van der Waals surface area contributed by atoms with Crippen molar-refractivity contribution in [3.63, 3.8) is 0 Å². The fraction of sp³-hybridized carbons (Fsp3) is 0.400. The number of hydrogen-bond donors (Lipinski definition) is 2. The normalized spacial score (nSPS) is 16.9. The number of sulfone groups is 1. The first kappa shape index (κ1) is 21.4. The summed E-state index contributed by atoms with van der Waals surface area (Å²) in [5.74, 6) is -0.751. The number of carbonyl (C=O) groups is 2. The molecule has 1 aliphatic heterocycles. The molecule has 1 saturated carbocycles. The van der Waals surface area contributed by atoms with Crippen molar-refractivity contribution < 1.29 is 18.0 Å². The van der Waals surface area contributed by atoms with Crippen LogP contribution in [0.15, 0.2) is 40.5 Å². The van der Waals surface area contributed by atoms with Crippen LogP contribution in [0.1, 0.15) is 40.9 Å². The number of benzene rings is 1. The van der Waals surface area contributed by atoms with Crippen LogP contribution < -0.4 is 10.6 Å². The first-order chi connectivity index (χ1) is 14.9. The van der Waals surface area contributed by atoms with Crippen molar-refractivity contribution in [2.24, 2.45) is 5.10 Å². The minimum absolute atomic E-state index is 0.175. The molecule has 0 radical (unpaired) electrons. The van der Waals surface area contributed by atoms with Gasteiger partial charge in [-0.2, -0.15) is 5.10 Å². The summed E-state index contributed by atoms with van der Waals surface area (Å²) in [6.07, 6.45) is 4.78. The molecule has 1 aliphatic carbocycles. The monoisotopic (exact) mass is 461 g/mol. The summed E-state index contributed by atoms with van der Waals surface area (Å²) < 4.78 is 24.9. The lowest BCUT2D eigenvalue weighted by molar-refractivity contribution is -0.110. The Morgan fingerprint density at radius 1 is 1.16 bits per heavy atom. The van der Waals surface area contributed by atoms with E-state index in [0.717, 1.165) is 37.3 Å². The van der Waals surface area contributed by atoms with Gasteiger partial charge in [-0.3, -0.25) is 19.9 Å². The molecule has 1 aromatic heterocycles. The van der Waals surface area contributed by atoms with Gasteiger partial charge in [0.05, 0.1) is 16.3 Å². The molecule has 11 heteroatoms. The highest BCUT2D eigenvalue weighted by molar-refractivity contribution is 7.92. The van der Waals surface area contributed by atoms with Gasteiger partial charge < -0.3 is 5.32 Å². The second-order valence-electron chi connectivity index (χ2n) is 7.44. The summed E-state index contributed by atoms with van der Waals surface area (Å²) >= 11 is 1.06. The van der Waals surface area contributed by atoms with Gasteiger partial charge in [-0.05, 0) is 37.8 Å². The van der Waals surface area contributed by atoms with E-state index in [2.05, 4.69) is 20.7 Å². The van der Waals surface area contributed by atoms with Gasteiger partial charge in [0.15, 0.2) is 20.7 Å². The molecular weight excluding hydrogens is 438 g/mol. The lowest BCUT2D eigenvalue weighted by Crippen LogP contribution is -2.27. The minimum Gasteiger partial charge on any atom is -0.354 e. The molecule has 2 fully saturated rings. The van der Waals surface area contributed by atoms with Crippen LogP contribution in [0.4, 0.5) is 5.13 Å². The molecule has 2 heterocycles. The Morgan fingerprint density at radius 2 is 1.84 bits per heavy atom. The van der Waals surface area contributed by atoms with E-state index in [1.54, 1.807) is 12.1 Å². The Balaban J connectivity index is 1.59. The number of nitrogens with one attached hydrogen (secondary N) is 2. The van der Waals surface area contributed by atoms with Crippen molar-refractivity contribution in [2.45, 2.75) is 35.8 Å². The molecule has 0 spiro atoms. The highest BCUT2D eigenvalue weighted by atomic mass is 32.2. The average molecular weight is 462 g/mol. The Bertz CT molecular complexity index is 1110. The van der Waals surface area contributed by atoms with E-state index in [0.29, 0.717) is 23.3 Å². The third kappa shape index (κ3) is 4.77. The number of thiazole rings is 1. The zero-order chi connectivity index (χ0) is 22.0. The zero-order valence-corrected chi connectivity index (χ0v) is 18.6. The maximum atomic E-state index is 13.0. The van der Waals surface area contributed by atoms with Crippen LogP contribution in [0, 0.1) is 0 Å². The van der Waals surface area contributed by atoms with Crippen LogP contribution >= 0.6 is 11.3 Å². The lowest BCUT2D eigenvalue weighted by atomic mass is 10.1. The number of rotatable bonds is 7. The van der Waals surface area contributed by atoms with Crippen LogP contribution in [0.5, 0.6) is 0 Å². The number of carbonyl (C=O) groups excluding carboxylic acids is 2. The Kier molecular flexibility index (Phi) is 6.05. The fourth-order valence-electron chi connectivity index (χ4n) is 3.27. The van der Waals surface area contributed by atoms with Crippen LogP contribution in [-0.2, 0) is 14.6 Å². The van der Waals surface area contributed by atoms with Crippen LogP contribution in [0.2, 0.25) is 0 Å². The van der Waals surface area contributed by atoms with Crippen LogP contribution in [-0.4, -0.2) is 61.3 Å². The molecule has 31 heavy (non-hydrogen) atoms. The molecule has 2 aliphatic rings. The van der Waals surface area contributed by atoms with E-state index >= 15 is 0 Å². The average Bonchev–Trinajstić information content (AvgIpc) is 3.33. The molecule has 0 unspecified atom stereocenters. The van der Waals surface area contributed by atoms with Crippen molar-refractivity contribution in [1.82, 2.24) is 15.3 Å². The zero-order valence-electron chi connectivity index (χ0n) is 17.0. The van der Waals surface area contributed by atoms with E-state index in [4.69, 9.17) is 0 Å². The van der Waals surface area contributed by atoms with Gasteiger partial charge in [-0.25, -0.2) is 13.4 Å². The summed E-state index contributed by atoms with van der Waals surface area (Å²) in [5, 5.41) is 11.6. The molecule has 2 amide bonds. The summed E-state index contributed by atoms with van der Waals surface area (Å²) in [4.78, 5) is 29.5. The number of amides is 2. The molecule has 164 valence electrons. The number of nitrogens with zero attached hydrogens (tertiary/aromatic N) is 3. The summed E-state index contributed by atoms with van der Waals surface area (Å²) in [7, 11) is -1.78. The third-order valence-corrected chi connectivity index (χ3v) is 8.33. The van der Waals surface area contributed by atoms with Gasteiger partial charge in [-0.15, -0.1) is 0 Å². The van der Waals surface area contributed by atoms with Crippen molar-refractivity contribution in [1.29, 1.82) is 0 Å². The van der Waals surface area contributed by atoms with E-state index in [1.807, 2.05) is 5.01 Å². The second kappa shape index (κ2) is 8.75. The van der Waals surface area contributed by atoms with E-state index in [-0.39, 0.29) is 26.9 Å². The SMILES string of the molecule is CNC(=O)c1cnc(NC(=O)/C(=N/N2CCCC2)c2ccc(S(=O)(=O)C3CC3)cc2)s1. The predicted molar refractivity (Wildman–Crippen MR) is 118 cm³/mol. The molecule has 0 bridgehead atoms. The van der Waals surface area contributed by atoms with Gasteiger partial charge in [-0.1, -0.05) is 23.5 Å². The van der Waals surface area contributed by atoms with E-state index < -0.39 is 15.7 Å². The van der Waals surface area contributed by atoms with Gasteiger partial charge in [0, 0.05) is 25.7 Å². The predicted octanol–water partition coefficient (Wildman–Crippen LogP) is 1.88. The van der Waals surface area contributed by atoms with Gasteiger partial charge >= 0.3 is 0 Å². The van der Waals surface area contributed by atoms with Gasteiger partial charge in [0.1, 0.15) is 4.88 Å². The Hall–Kier alpha value is -2.79. The van der Waals surface area contributed by atoms with Gasteiger partial charge in [0.25, 0.3) is 11.8 Å². The highest BCUT2D eigenvalue weighted by Gasteiger charge is 2.36. The summed E-state index contributed by atoms with van der Waals surface area (Å²) in [5.41, 5.74) is 0.691. The molecule has 0 atom stereocenters. The van der Waals surface area contributed by atoms with Crippen molar-refractivity contribution >= 4 is 43.8 Å². The van der Waals surface area contributed by atoms with Crippen LogP contribution in [0.3, 0.4) is 0 Å². The standard InChI is InChI=1S/C20H23N5O4S2/c1-21-18(26)16-12-22-20(30-16)23-19(27)17(24-25-10-2-3-11-25)13-4-6-14(7-5-13)31(28,29)15-8-9-15/h4-7,12,15H,2-3,8-11H2,1H3,(H,21,26)(H,22,23,27)/b24-17+.